The molecular weight excluding hydrogens is 461 g/mol. The Hall–Kier alpha value is -2.81. The molecule has 0 aliphatic rings. The third-order valence-corrected chi connectivity index (χ3v) is 6.63. The number of thiazole rings is 1. The van der Waals surface area contributed by atoms with Gasteiger partial charge in [-0.3, -0.25) is 9.69 Å². The van der Waals surface area contributed by atoms with Gasteiger partial charge in [0.05, 0.1) is 33.4 Å². The first-order chi connectivity index (χ1) is 15.5. The Morgan fingerprint density at radius 3 is 2.52 bits per heavy atom. The molecule has 0 atom stereocenters. The molecular formula is C24H27ClFN5OS. The van der Waals surface area contributed by atoms with E-state index in [9.17, 15) is 9.18 Å². The SMILES string of the molecule is CCN(CC)CCN(C(=O)c1cnn(-c2ccccc2)c1C)c1nc2ccc(F)cc2s1.Cl. The number of carbonyl (C=O) groups excluding carboxylic acids is 1. The average molecular weight is 488 g/mol. The second kappa shape index (κ2) is 10.9. The number of rotatable bonds is 8. The van der Waals surface area contributed by atoms with Crippen LogP contribution in [0.25, 0.3) is 15.9 Å². The molecule has 6 nitrogen and oxygen atoms in total. The van der Waals surface area contributed by atoms with Crippen LogP contribution < -0.4 is 4.90 Å². The van der Waals surface area contributed by atoms with Crippen LogP contribution in [0.15, 0.2) is 54.7 Å². The van der Waals surface area contributed by atoms with Gasteiger partial charge in [-0.2, -0.15) is 5.10 Å². The van der Waals surface area contributed by atoms with Crippen molar-refractivity contribution in [2.24, 2.45) is 0 Å². The number of halogens is 2. The number of anilines is 1. The van der Waals surface area contributed by atoms with Crippen molar-refractivity contribution in [2.75, 3.05) is 31.1 Å². The molecule has 0 unspecified atom stereocenters. The summed E-state index contributed by atoms with van der Waals surface area (Å²) in [7, 11) is 0. The van der Waals surface area contributed by atoms with Crippen LogP contribution in [0.2, 0.25) is 0 Å². The minimum atomic E-state index is -0.311. The second-order valence-corrected chi connectivity index (χ2v) is 8.49. The molecule has 174 valence electrons. The molecule has 4 rings (SSSR count). The third kappa shape index (κ3) is 5.24. The van der Waals surface area contributed by atoms with Crippen LogP contribution in [0.5, 0.6) is 0 Å². The summed E-state index contributed by atoms with van der Waals surface area (Å²) in [5, 5.41) is 5.02. The number of amides is 1. The highest BCUT2D eigenvalue weighted by Crippen LogP contribution is 2.30. The van der Waals surface area contributed by atoms with Crippen molar-refractivity contribution in [2.45, 2.75) is 20.8 Å². The Kier molecular flexibility index (Phi) is 8.18. The van der Waals surface area contributed by atoms with E-state index in [2.05, 4.69) is 28.8 Å². The van der Waals surface area contributed by atoms with Gasteiger partial charge in [0, 0.05) is 13.1 Å². The first-order valence-electron chi connectivity index (χ1n) is 10.7. The highest BCUT2D eigenvalue weighted by Gasteiger charge is 2.25. The lowest BCUT2D eigenvalue weighted by molar-refractivity contribution is 0.0983. The summed E-state index contributed by atoms with van der Waals surface area (Å²) in [6.45, 7) is 9.09. The Morgan fingerprint density at radius 2 is 1.82 bits per heavy atom. The Morgan fingerprint density at radius 1 is 1.09 bits per heavy atom. The van der Waals surface area contributed by atoms with Crippen molar-refractivity contribution < 1.29 is 9.18 Å². The van der Waals surface area contributed by atoms with Crippen molar-refractivity contribution in [3.05, 3.63) is 71.8 Å². The molecule has 0 aliphatic carbocycles. The number of carbonyl (C=O) groups is 1. The Labute approximate surface area is 203 Å². The molecule has 0 bridgehead atoms. The zero-order valence-corrected chi connectivity index (χ0v) is 20.5. The summed E-state index contributed by atoms with van der Waals surface area (Å²) in [6, 6.07) is 14.2. The molecule has 0 saturated carbocycles. The van der Waals surface area contributed by atoms with E-state index < -0.39 is 0 Å². The minimum absolute atomic E-state index is 0. The van der Waals surface area contributed by atoms with Gasteiger partial charge >= 0.3 is 0 Å². The monoisotopic (exact) mass is 487 g/mol. The van der Waals surface area contributed by atoms with Gasteiger partial charge < -0.3 is 4.90 Å². The number of benzene rings is 2. The van der Waals surface area contributed by atoms with E-state index in [1.165, 1.54) is 23.5 Å². The van der Waals surface area contributed by atoms with Crippen molar-refractivity contribution in [3.8, 4) is 5.69 Å². The molecule has 0 saturated heterocycles. The van der Waals surface area contributed by atoms with Crippen LogP contribution in [0.1, 0.15) is 29.9 Å². The molecule has 0 N–H and O–H groups in total. The zero-order valence-electron chi connectivity index (χ0n) is 18.9. The van der Waals surface area contributed by atoms with Crippen LogP contribution in [0.4, 0.5) is 9.52 Å². The van der Waals surface area contributed by atoms with Gasteiger partial charge in [-0.1, -0.05) is 43.4 Å². The molecule has 1 amide bonds. The van der Waals surface area contributed by atoms with Gasteiger partial charge in [0.1, 0.15) is 5.82 Å². The Balaban J connectivity index is 0.00000306. The summed E-state index contributed by atoms with van der Waals surface area (Å²) in [6.07, 6.45) is 1.61. The molecule has 0 radical (unpaired) electrons. The van der Waals surface area contributed by atoms with E-state index in [1.54, 1.807) is 21.8 Å². The highest BCUT2D eigenvalue weighted by atomic mass is 35.5. The van der Waals surface area contributed by atoms with Gasteiger partial charge in [-0.05, 0) is 50.3 Å². The second-order valence-electron chi connectivity index (χ2n) is 7.48. The largest absolute Gasteiger partial charge is 0.302 e. The average Bonchev–Trinajstić information content (AvgIpc) is 3.40. The first kappa shape index (κ1) is 24.8. The fourth-order valence-electron chi connectivity index (χ4n) is 3.66. The highest BCUT2D eigenvalue weighted by molar-refractivity contribution is 7.22. The van der Waals surface area contributed by atoms with E-state index in [-0.39, 0.29) is 24.1 Å². The van der Waals surface area contributed by atoms with Crippen molar-refractivity contribution in [1.29, 1.82) is 0 Å². The van der Waals surface area contributed by atoms with Gasteiger partial charge in [0.15, 0.2) is 5.13 Å². The predicted molar refractivity (Wildman–Crippen MR) is 135 cm³/mol. The van der Waals surface area contributed by atoms with Gasteiger partial charge in [-0.15, -0.1) is 12.4 Å². The summed E-state index contributed by atoms with van der Waals surface area (Å²) in [5.74, 6) is -0.468. The van der Waals surface area contributed by atoms with Crippen LogP contribution >= 0.6 is 23.7 Å². The number of aromatic nitrogens is 3. The number of hydrogen-bond donors (Lipinski definition) is 0. The maximum Gasteiger partial charge on any atom is 0.263 e. The lowest BCUT2D eigenvalue weighted by atomic mass is 10.2. The topological polar surface area (TPSA) is 54.3 Å². The molecule has 2 aromatic heterocycles. The van der Waals surface area contributed by atoms with Gasteiger partial charge in [0.25, 0.3) is 5.91 Å². The van der Waals surface area contributed by atoms with E-state index in [4.69, 9.17) is 0 Å². The quantitative estimate of drug-likeness (QED) is 0.336. The van der Waals surface area contributed by atoms with Crippen LogP contribution in [-0.4, -0.2) is 51.8 Å². The van der Waals surface area contributed by atoms with Gasteiger partial charge in [-0.25, -0.2) is 14.1 Å². The van der Waals surface area contributed by atoms with Crippen molar-refractivity contribution in [1.82, 2.24) is 19.7 Å². The van der Waals surface area contributed by atoms with Crippen LogP contribution in [0, 0.1) is 12.7 Å². The molecule has 2 aromatic carbocycles. The summed E-state index contributed by atoms with van der Waals surface area (Å²) in [5.41, 5.74) is 2.87. The lowest BCUT2D eigenvalue weighted by Gasteiger charge is -2.24. The van der Waals surface area contributed by atoms with E-state index >= 15 is 0 Å². The molecule has 0 aliphatic heterocycles. The van der Waals surface area contributed by atoms with E-state index in [0.717, 1.165) is 35.7 Å². The summed E-state index contributed by atoms with van der Waals surface area (Å²) >= 11 is 1.33. The fraction of sp³-hybridized carbons (Fsp3) is 0.292. The van der Waals surface area contributed by atoms with Crippen molar-refractivity contribution >= 4 is 45.0 Å². The molecule has 9 heteroatoms. The van der Waals surface area contributed by atoms with Crippen LogP contribution in [0.3, 0.4) is 0 Å². The fourth-order valence-corrected chi connectivity index (χ4v) is 4.68. The predicted octanol–water partition coefficient (Wildman–Crippen LogP) is 5.34. The normalized spacial score (nSPS) is 11.1. The molecule has 2 heterocycles. The summed E-state index contributed by atoms with van der Waals surface area (Å²) < 4.78 is 16.2. The molecule has 33 heavy (non-hydrogen) atoms. The number of nitrogens with zero attached hydrogens (tertiary/aromatic N) is 5. The smallest absolute Gasteiger partial charge is 0.263 e. The number of fused-ring (bicyclic) bond motifs is 1. The molecule has 0 fully saturated rings. The standard InChI is InChI=1S/C24H26FN5OS.ClH/c1-4-28(5-2)13-14-29(24-27-21-12-11-18(25)15-22(21)32-24)23(31)20-16-26-30(17(20)3)19-9-7-6-8-10-19;/h6-12,15-16H,4-5,13-14H2,1-3H3;1H. The maximum atomic E-state index is 13.7. The number of hydrogen-bond acceptors (Lipinski definition) is 5. The molecule has 0 spiro atoms. The van der Waals surface area contributed by atoms with Gasteiger partial charge in [0.2, 0.25) is 0 Å². The van der Waals surface area contributed by atoms with E-state index in [1.807, 2.05) is 37.3 Å². The minimum Gasteiger partial charge on any atom is -0.302 e. The van der Waals surface area contributed by atoms with Crippen LogP contribution in [-0.2, 0) is 0 Å². The Bertz CT molecular complexity index is 1220. The zero-order chi connectivity index (χ0) is 22.7. The first-order valence-corrected chi connectivity index (χ1v) is 11.5. The summed E-state index contributed by atoms with van der Waals surface area (Å²) in [4.78, 5) is 22.3. The number of para-hydroxylation sites is 1. The number of likely N-dealkylation sites (N-methyl/N-ethyl adjacent to an activating group) is 1. The van der Waals surface area contributed by atoms with E-state index in [0.29, 0.717) is 22.8 Å². The molecule has 4 aromatic rings. The van der Waals surface area contributed by atoms with Crippen molar-refractivity contribution in [3.63, 3.8) is 0 Å². The lowest BCUT2D eigenvalue weighted by Crippen LogP contribution is -2.39. The third-order valence-electron chi connectivity index (χ3n) is 5.59. The maximum absolute atomic E-state index is 13.7.